The molecule has 0 aromatic heterocycles. The van der Waals surface area contributed by atoms with E-state index in [9.17, 15) is 31.1 Å². The van der Waals surface area contributed by atoms with Crippen LogP contribution in [0.5, 0.6) is 5.75 Å². The Bertz CT molecular complexity index is 1790. The van der Waals surface area contributed by atoms with Crippen LogP contribution in [0.15, 0.2) is 76.5 Å². The van der Waals surface area contributed by atoms with E-state index in [1.54, 1.807) is 6.92 Å². The highest BCUT2D eigenvalue weighted by Crippen LogP contribution is 2.30. The highest BCUT2D eigenvalue weighted by atomic mass is 35.5. The van der Waals surface area contributed by atoms with Crippen molar-refractivity contribution in [2.45, 2.75) is 68.1 Å². The molecule has 1 aliphatic heterocycles. The molecule has 0 bridgehead atoms. The third kappa shape index (κ3) is 9.92. The summed E-state index contributed by atoms with van der Waals surface area (Å²) in [5.41, 5.74) is 0.143. The number of sulfonamides is 2. The van der Waals surface area contributed by atoms with Gasteiger partial charge < -0.3 is 19.5 Å². The molecule has 11 nitrogen and oxygen atoms in total. The molecule has 15 heteroatoms. The van der Waals surface area contributed by atoms with Gasteiger partial charge in [-0.1, -0.05) is 18.5 Å². The largest absolute Gasteiger partial charge is 0.490 e. The SMILES string of the molecule is C[C@@H]1CN([C@H](C)CO)C(=O)c2cc(NS(=O)(=O)c3ccc(F)cc3)ccc2O[C@@H](C)CCCCO[C@H]1CN(C)S(=O)(=O)c1ccc(Cl)cc1. The molecule has 0 spiro atoms. The van der Waals surface area contributed by atoms with Gasteiger partial charge in [0.05, 0.1) is 40.2 Å². The number of carbonyl (C=O) groups is 1. The number of nitrogens with one attached hydrogen (secondary N) is 1. The van der Waals surface area contributed by atoms with Crippen molar-refractivity contribution in [2.24, 2.45) is 5.92 Å². The molecule has 0 radical (unpaired) electrons. The van der Waals surface area contributed by atoms with Crippen LogP contribution in [-0.2, 0) is 24.8 Å². The minimum Gasteiger partial charge on any atom is -0.490 e. The summed E-state index contributed by atoms with van der Waals surface area (Å²) in [5.74, 6) is -1.29. The Balaban J connectivity index is 1.67. The molecule has 0 fully saturated rings. The third-order valence-corrected chi connectivity index (χ3v) is 11.9. The Hall–Kier alpha value is -3.27. The van der Waals surface area contributed by atoms with Crippen molar-refractivity contribution in [1.29, 1.82) is 0 Å². The number of hydrogen-bond donors (Lipinski definition) is 2. The number of aliphatic hydroxyl groups is 1. The number of rotatable bonds is 9. The van der Waals surface area contributed by atoms with Crippen LogP contribution in [-0.4, -0.2) is 88.7 Å². The van der Waals surface area contributed by atoms with Crippen molar-refractivity contribution in [3.8, 4) is 5.75 Å². The van der Waals surface area contributed by atoms with E-state index < -0.39 is 49.8 Å². The maximum absolute atomic E-state index is 14.3. The molecule has 1 aliphatic rings. The van der Waals surface area contributed by atoms with Crippen LogP contribution in [0.4, 0.5) is 10.1 Å². The van der Waals surface area contributed by atoms with Gasteiger partial charge in [0, 0.05) is 43.4 Å². The molecule has 49 heavy (non-hydrogen) atoms. The van der Waals surface area contributed by atoms with Gasteiger partial charge in [0.15, 0.2) is 0 Å². The zero-order chi connectivity index (χ0) is 35.9. The van der Waals surface area contributed by atoms with Gasteiger partial charge in [0.1, 0.15) is 11.6 Å². The van der Waals surface area contributed by atoms with Crippen LogP contribution in [0.2, 0.25) is 5.02 Å². The summed E-state index contributed by atoms with van der Waals surface area (Å²) in [5, 5.41) is 10.6. The highest BCUT2D eigenvalue weighted by Gasteiger charge is 2.32. The molecular formula is C34H43ClFN3O8S2. The predicted molar refractivity (Wildman–Crippen MR) is 185 cm³/mol. The van der Waals surface area contributed by atoms with Crippen molar-refractivity contribution in [1.82, 2.24) is 9.21 Å². The van der Waals surface area contributed by atoms with Crippen molar-refractivity contribution >= 4 is 43.2 Å². The van der Waals surface area contributed by atoms with Gasteiger partial charge in [0.2, 0.25) is 10.0 Å². The molecule has 0 saturated carbocycles. The second-order valence-corrected chi connectivity index (χ2v) is 16.5. The zero-order valence-corrected chi connectivity index (χ0v) is 30.3. The second-order valence-electron chi connectivity index (χ2n) is 12.3. The number of benzene rings is 3. The summed E-state index contributed by atoms with van der Waals surface area (Å²) in [7, 11) is -6.55. The average Bonchev–Trinajstić information content (AvgIpc) is 3.06. The number of ether oxygens (including phenoxy) is 2. The van der Waals surface area contributed by atoms with Crippen LogP contribution < -0.4 is 9.46 Å². The van der Waals surface area contributed by atoms with Crippen molar-refractivity contribution in [3.05, 3.63) is 83.1 Å². The van der Waals surface area contributed by atoms with E-state index >= 15 is 0 Å². The molecular weight excluding hydrogens is 697 g/mol. The lowest BCUT2D eigenvalue weighted by atomic mass is 10.0. The first-order valence-electron chi connectivity index (χ1n) is 16.0. The number of likely N-dealkylation sites (N-methyl/N-ethyl adjacent to an activating group) is 1. The number of fused-ring (bicyclic) bond motifs is 1. The average molecular weight is 740 g/mol. The quantitative estimate of drug-likeness (QED) is 0.297. The Morgan fingerprint density at radius 3 is 2.33 bits per heavy atom. The van der Waals surface area contributed by atoms with Gasteiger partial charge >= 0.3 is 0 Å². The number of carbonyl (C=O) groups excluding carboxylic acids is 1. The lowest BCUT2D eigenvalue weighted by Gasteiger charge is -2.35. The number of halogens is 2. The topological polar surface area (TPSA) is 143 Å². The molecule has 0 aliphatic carbocycles. The molecule has 3 aromatic carbocycles. The monoisotopic (exact) mass is 739 g/mol. The zero-order valence-electron chi connectivity index (χ0n) is 27.9. The predicted octanol–water partition coefficient (Wildman–Crippen LogP) is 5.40. The maximum Gasteiger partial charge on any atom is 0.261 e. The van der Waals surface area contributed by atoms with E-state index in [2.05, 4.69) is 4.72 Å². The van der Waals surface area contributed by atoms with Gasteiger partial charge in [-0.3, -0.25) is 9.52 Å². The number of hydrogen-bond acceptors (Lipinski definition) is 8. The van der Waals surface area contributed by atoms with E-state index in [1.165, 1.54) is 58.7 Å². The molecule has 3 aromatic rings. The summed E-state index contributed by atoms with van der Waals surface area (Å²) in [4.78, 5) is 15.7. The fourth-order valence-electron chi connectivity index (χ4n) is 5.41. The van der Waals surface area contributed by atoms with E-state index in [0.29, 0.717) is 24.5 Å². The van der Waals surface area contributed by atoms with Crippen molar-refractivity contribution in [2.75, 3.05) is 38.1 Å². The molecule has 4 atom stereocenters. The Kier molecular flexibility index (Phi) is 13.1. The Morgan fingerprint density at radius 1 is 1.02 bits per heavy atom. The summed E-state index contributed by atoms with van der Waals surface area (Å²) in [6.45, 7) is 5.42. The molecule has 1 amide bonds. The molecule has 4 rings (SSSR count). The van der Waals surface area contributed by atoms with Gasteiger partial charge in [-0.25, -0.2) is 21.2 Å². The Morgan fingerprint density at radius 2 is 1.67 bits per heavy atom. The number of nitrogens with zero attached hydrogens (tertiary/aromatic N) is 2. The van der Waals surface area contributed by atoms with E-state index in [1.807, 2.05) is 13.8 Å². The van der Waals surface area contributed by atoms with Crippen LogP contribution in [0, 0.1) is 11.7 Å². The summed E-state index contributed by atoms with van der Waals surface area (Å²) < 4.78 is 82.6. The molecule has 268 valence electrons. The fourth-order valence-corrected chi connectivity index (χ4v) is 7.77. The van der Waals surface area contributed by atoms with E-state index in [-0.39, 0.29) is 52.6 Å². The molecule has 0 unspecified atom stereocenters. The molecule has 2 N–H and O–H groups in total. The van der Waals surface area contributed by atoms with Crippen LogP contribution in [0.25, 0.3) is 0 Å². The maximum atomic E-state index is 14.3. The summed E-state index contributed by atoms with van der Waals surface area (Å²) in [6, 6.07) is 13.9. The van der Waals surface area contributed by atoms with Crippen LogP contribution in [0.1, 0.15) is 50.4 Å². The number of amides is 1. The van der Waals surface area contributed by atoms with E-state index in [4.69, 9.17) is 21.1 Å². The first kappa shape index (κ1) is 38.5. The van der Waals surface area contributed by atoms with Gasteiger partial charge in [-0.05, 0) is 99.8 Å². The smallest absolute Gasteiger partial charge is 0.261 e. The van der Waals surface area contributed by atoms with Crippen LogP contribution in [0.3, 0.4) is 0 Å². The van der Waals surface area contributed by atoms with Gasteiger partial charge in [-0.2, -0.15) is 4.31 Å². The fraction of sp³-hybridized carbons (Fsp3) is 0.441. The van der Waals surface area contributed by atoms with Gasteiger partial charge in [-0.15, -0.1) is 0 Å². The molecule has 1 heterocycles. The van der Waals surface area contributed by atoms with Gasteiger partial charge in [0.25, 0.3) is 15.9 Å². The standard InChI is InChI=1S/C34H43ClFN3O8S2/c1-23-20-39(24(2)22-40)34(41)31-19-28(37-48(42,43)29-15-10-27(36)11-16-29)12-17-32(31)47-25(3)7-5-6-18-46-33(23)21-38(4)49(44,45)30-13-8-26(35)9-14-30/h8-17,19,23-25,33,37,40H,5-7,18,20-22H2,1-4H3/t23-,24-,25+,33+/m1/s1. The first-order chi connectivity index (χ1) is 23.1. The minimum atomic E-state index is -4.13. The summed E-state index contributed by atoms with van der Waals surface area (Å²) in [6.07, 6.45) is 1.09. The summed E-state index contributed by atoms with van der Waals surface area (Å²) >= 11 is 5.97. The van der Waals surface area contributed by atoms with Crippen molar-refractivity contribution in [3.63, 3.8) is 0 Å². The first-order valence-corrected chi connectivity index (χ1v) is 19.3. The Labute approximate surface area is 293 Å². The highest BCUT2D eigenvalue weighted by molar-refractivity contribution is 7.92. The number of anilines is 1. The third-order valence-electron chi connectivity index (χ3n) is 8.39. The minimum absolute atomic E-state index is 0.00687. The lowest BCUT2D eigenvalue weighted by molar-refractivity contribution is -0.00833. The van der Waals surface area contributed by atoms with Crippen molar-refractivity contribution < 1.29 is 40.6 Å². The van der Waals surface area contributed by atoms with Crippen LogP contribution >= 0.6 is 11.6 Å². The normalized spacial score (nSPS) is 20.6. The molecule has 0 saturated heterocycles. The van der Waals surface area contributed by atoms with E-state index in [0.717, 1.165) is 30.7 Å². The second kappa shape index (κ2) is 16.6. The lowest BCUT2D eigenvalue weighted by Crippen LogP contribution is -2.48. The number of aliphatic hydroxyl groups excluding tert-OH is 1.